The maximum Gasteiger partial charge on any atom is 0.407 e. The number of amides is 1. The Bertz CT molecular complexity index is 242. The molecule has 1 saturated carbocycles. The van der Waals surface area contributed by atoms with Crippen molar-refractivity contribution in [1.29, 1.82) is 0 Å². The van der Waals surface area contributed by atoms with Crippen molar-refractivity contribution in [3.8, 4) is 0 Å². The second kappa shape index (κ2) is 4.37. The van der Waals surface area contributed by atoms with Crippen LogP contribution in [0.2, 0.25) is 0 Å². The van der Waals surface area contributed by atoms with Crippen LogP contribution < -0.4 is 0 Å². The van der Waals surface area contributed by atoms with E-state index in [9.17, 15) is 4.79 Å². The van der Waals surface area contributed by atoms with Crippen LogP contribution in [0, 0.1) is 5.92 Å². The summed E-state index contributed by atoms with van der Waals surface area (Å²) in [5.74, 6) is 0.691. The third-order valence-corrected chi connectivity index (χ3v) is 3.10. The summed E-state index contributed by atoms with van der Waals surface area (Å²) in [6, 6.07) is -0.285. The molecule has 2 atom stereocenters. The Morgan fingerprint density at radius 1 is 1.47 bits per heavy atom. The second-order valence-corrected chi connectivity index (χ2v) is 4.41. The maximum absolute atomic E-state index is 10.8. The number of carboxylic acid groups (broad SMARTS) is 1. The summed E-state index contributed by atoms with van der Waals surface area (Å²) in [6.07, 6.45) is 2.10. The monoisotopic (exact) mass is 215 g/mol. The number of likely N-dealkylation sites (tertiary alicyclic amines) is 1. The molecule has 1 amide bonds. The van der Waals surface area contributed by atoms with Crippen molar-refractivity contribution in [2.45, 2.75) is 31.4 Å². The molecule has 2 N–H and O–H groups in total. The van der Waals surface area contributed by atoms with Crippen LogP contribution in [0.5, 0.6) is 0 Å². The summed E-state index contributed by atoms with van der Waals surface area (Å²) >= 11 is 0. The average Bonchev–Trinajstić information content (AvgIpc) is 2.94. The minimum atomic E-state index is -0.966. The minimum absolute atomic E-state index is 0.0288. The van der Waals surface area contributed by atoms with Gasteiger partial charge in [-0.25, -0.2) is 4.79 Å². The number of aliphatic hydroxyl groups is 1. The Labute approximate surface area is 88.6 Å². The zero-order chi connectivity index (χ0) is 10.8. The fourth-order valence-electron chi connectivity index (χ4n) is 1.96. The Morgan fingerprint density at radius 3 is 2.67 bits per heavy atom. The lowest BCUT2D eigenvalue weighted by Crippen LogP contribution is -2.36. The standard InChI is InChI=1S/C10H17NO4/c12-5-8-3-9(4-11(8)10(13)14)15-6-7-1-2-7/h7-9,12H,1-6H2,(H,13,14)/t8-,9+/m0/s1. The van der Waals surface area contributed by atoms with Crippen molar-refractivity contribution in [3.63, 3.8) is 0 Å². The molecule has 2 aliphatic rings. The number of ether oxygens (including phenoxy) is 1. The van der Waals surface area contributed by atoms with Crippen molar-refractivity contribution in [1.82, 2.24) is 4.90 Å². The molecule has 0 spiro atoms. The first kappa shape index (κ1) is 10.7. The SMILES string of the molecule is O=C(O)N1C[C@H](OCC2CC2)C[C@H]1CO. The molecule has 2 rings (SSSR count). The molecule has 5 nitrogen and oxygen atoms in total. The van der Waals surface area contributed by atoms with Gasteiger partial charge < -0.3 is 19.8 Å². The van der Waals surface area contributed by atoms with Gasteiger partial charge in [-0.3, -0.25) is 0 Å². The fourth-order valence-corrected chi connectivity index (χ4v) is 1.96. The van der Waals surface area contributed by atoms with E-state index in [2.05, 4.69) is 0 Å². The van der Waals surface area contributed by atoms with Crippen LogP contribution in [0.15, 0.2) is 0 Å². The highest BCUT2D eigenvalue weighted by molar-refractivity contribution is 5.66. The van der Waals surface area contributed by atoms with Gasteiger partial charge in [0.25, 0.3) is 0 Å². The summed E-state index contributed by atoms with van der Waals surface area (Å²) in [6.45, 7) is 1.03. The van der Waals surface area contributed by atoms with E-state index in [-0.39, 0.29) is 18.8 Å². The second-order valence-electron chi connectivity index (χ2n) is 4.41. The van der Waals surface area contributed by atoms with Gasteiger partial charge in [0.1, 0.15) is 0 Å². The molecular formula is C10H17NO4. The largest absolute Gasteiger partial charge is 0.465 e. The molecule has 0 unspecified atom stereocenters. The number of rotatable bonds is 4. The van der Waals surface area contributed by atoms with Gasteiger partial charge in [-0.05, 0) is 25.2 Å². The minimum Gasteiger partial charge on any atom is -0.465 e. The molecule has 0 aromatic carbocycles. The lowest BCUT2D eigenvalue weighted by Gasteiger charge is -2.18. The topological polar surface area (TPSA) is 70.0 Å². The van der Waals surface area contributed by atoms with Crippen LogP contribution >= 0.6 is 0 Å². The third-order valence-electron chi connectivity index (χ3n) is 3.10. The van der Waals surface area contributed by atoms with E-state index in [1.807, 2.05) is 0 Å². The summed E-state index contributed by atoms with van der Waals surface area (Å²) in [5, 5.41) is 17.9. The van der Waals surface area contributed by atoms with Crippen LogP contribution in [-0.4, -0.2) is 53.1 Å². The predicted octanol–water partition coefficient (Wildman–Crippen LogP) is 0.526. The highest BCUT2D eigenvalue weighted by atomic mass is 16.5. The van der Waals surface area contributed by atoms with E-state index in [0.717, 1.165) is 6.61 Å². The summed E-state index contributed by atoms with van der Waals surface area (Å²) in [7, 11) is 0. The highest BCUT2D eigenvalue weighted by Gasteiger charge is 2.36. The molecule has 0 radical (unpaired) electrons. The van der Waals surface area contributed by atoms with Gasteiger partial charge in [-0.15, -0.1) is 0 Å². The number of aliphatic hydroxyl groups excluding tert-OH is 1. The molecule has 0 aromatic rings. The third kappa shape index (κ3) is 2.60. The van der Waals surface area contributed by atoms with Gasteiger partial charge in [0.2, 0.25) is 0 Å². The van der Waals surface area contributed by atoms with Gasteiger partial charge in [-0.2, -0.15) is 0 Å². The Hall–Kier alpha value is -0.810. The molecule has 2 fully saturated rings. The van der Waals surface area contributed by atoms with E-state index in [1.165, 1.54) is 17.7 Å². The van der Waals surface area contributed by atoms with E-state index >= 15 is 0 Å². The fraction of sp³-hybridized carbons (Fsp3) is 0.900. The number of carbonyl (C=O) groups is 1. The molecule has 1 aliphatic heterocycles. The first-order chi connectivity index (χ1) is 7.20. The van der Waals surface area contributed by atoms with Crippen molar-refractivity contribution in [3.05, 3.63) is 0 Å². The zero-order valence-corrected chi connectivity index (χ0v) is 8.63. The lowest BCUT2D eigenvalue weighted by molar-refractivity contribution is 0.0515. The summed E-state index contributed by atoms with van der Waals surface area (Å²) < 4.78 is 5.62. The Morgan fingerprint density at radius 2 is 2.20 bits per heavy atom. The average molecular weight is 215 g/mol. The molecule has 86 valence electrons. The van der Waals surface area contributed by atoms with Crippen molar-refractivity contribution in [2.24, 2.45) is 5.92 Å². The molecular weight excluding hydrogens is 198 g/mol. The van der Waals surface area contributed by atoms with Gasteiger partial charge >= 0.3 is 6.09 Å². The summed E-state index contributed by atoms with van der Waals surface area (Å²) in [5.41, 5.74) is 0. The Kier molecular flexibility index (Phi) is 3.11. The van der Waals surface area contributed by atoms with E-state index < -0.39 is 6.09 Å². The van der Waals surface area contributed by atoms with Gasteiger partial charge in [-0.1, -0.05) is 0 Å². The summed E-state index contributed by atoms with van der Waals surface area (Å²) in [4.78, 5) is 12.1. The van der Waals surface area contributed by atoms with Crippen molar-refractivity contribution >= 4 is 6.09 Å². The van der Waals surface area contributed by atoms with Crippen LogP contribution in [-0.2, 0) is 4.74 Å². The number of hydrogen-bond acceptors (Lipinski definition) is 3. The normalized spacial score (nSPS) is 30.9. The van der Waals surface area contributed by atoms with Crippen molar-refractivity contribution in [2.75, 3.05) is 19.8 Å². The number of nitrogens with zero attached hydrogens (tertiary/aromatic N) is 1. The maximum atomic E-state index is 10.8. The van der Waals surface area contributed by atoms with E-state index in [1.54, 1.807) is 0 Å². The quantitative estimate of drug-likeness (QED) is 0.717. The Balaban J connectivity index is 1.80. The van der Waals surface area contributed by atoms with Crippen LogP contribution in [0.3, 0.4) is 0 Å². The molecule has 0 bridgehead atoms. The predicted molar refractivity (Wildman–Crippen MR) is 52.7 cm³/mol. The molecule has 1 saturated heterocycles. The van der Waals surface area contributed by atoms with Gasteiger partial charge in [0, 0.05) is 6.61 Å². The zero-order valence-electron chi connectivity index (χ0n) is 8.63. The molecule has 5 heteroatoms. The van der Waals surface area contributed by atoms with E-state index in [0.29, 0.717) is 18.9 Å². The highest BCUT2D eigenvalue weighted by Crippen LogP contribution is 2.30. The van der Waals surface area contributed by atoms with Crippen molar-refractivity contribution < 1.29 is 19.7 Å². The molecule has 1 heterocycles. The van der Waals surface area contributed by atoms with E-state index in [4.69, 9.17) is 14.9 Å². The van der Waals surface area contributed by atoms with Gasteiger partial charge in [0.05, 0.1) is 25.3 Å². The first-order valence-corrected chi connectivity index (χ1v) is 5.42. The lowest BCUT2D eigenvalue weighted by atomic mass is 10.2. The molecule has 15 heavy (non-hydrogen) atoms. The molecule has 1 aliphatic carbocycles. The molecule has 0 aromatic heterocycles. The first-order valence-electron chi connectivity index (χ1n) is 5.42. The van der Waals surface area contributed by atoms with Crippen LogP contribution in [0.4, 0.5) is 4.79 Å². The number of hydrogen-bond donors (Lipinski definition) is 2. The van der Waals surface area contributed by atoms with Crippen LogP contribution in [0.25, 0.3) is 0 Å². The smallest absolute Gasteiger partial charge is 0.407 e. The van der Waals surface area contributed by atoms with Gasteiger partial charge in [0.15, 0.2) is 0 Å². The van der Waals surface area contributed by atoms with Crippen LogP contribution in [0.1, 0.15) is 19.3 Å².